The smallest absolute Gasteiger partial charge is 0.00432 e. The molecule has 0 saturated heterocycles. The van der Waals surface area contributed by atoms with Crippen LogP contribution in [0.5, 0.6) is 0 Å². The van der Waals surface area contributed by atoms with Crippen molar-refractivity contribution in [3.63, 3.8) is 0 Å². The van der Waals surface area contributed by atoms with Crippen LogP contribution < -0.4 is 5.32 Å². The predicted octanol–water partition coefficient (Wildman–Crippen LogP) is 3.49. The van der Waals surface area contributed by atoms with Gasteiger partial charge in [-0.05, 0) is 43.7 Å². The number of benzene rings is 1. The highest BCUT2D eigenvalue weighted by Crippen LogP contribution is 2.26. The molecule has 1 aromatic rings. The first-order chi connectivity index (χ1) is 7.97. The third kappa shape index (κ3) is 4.36. The highest BCUT2D eigenvalue weighted by molar-refractivity contribution is 7.80. The van der Waals surface area contributed by atoms with E-state index in [1.165, 1.54) is 16.7 Å². The number of hydrogen-bond acceptors (Lipinski definition) is 2. The molecule has 17 heavy (non-hydrogen) atoms. The van der Waals surface area contributed by atoms with Crippen molar-refractivity contribution >= 4 is 12.6 Å². The van der Waals surface area contributed by atoms with Crippen LogP contribution in [0.4, 0.5) is 0 Å². The Kier molecular flexibility index (Phi) is 5.54. The van der Waals surface area contributed by atoms with E-state index in [1.54, 1.807) is 0 Å². The zero-order valence-corrected chi connectivity index (χ0v) is 12.4. The van der Waals surface area contributed by atoms with Gasteiger partial charge in [-0.15, -0.1) is 0 Å². The van der Waals surface area contributed by atoms with Crippen LogP contribution in [-0.4, -0.2) is 18.8 Å². The maximum absolute atomic E-state index is 4.22. The van der Waals surface area contributed by atoms with Crippen molar-refractivity contribution in [3.05, 3.63) is 34.9 Å². The molecule has 0 aliphatic rings. The van der Waals surface area contributed by atoms with Crippen molar-refractivity contribution < 1.29 is 0 Å². The lowest BCUT2D eigenvalue weighted by atomic mass is 9.81. The average molecular weight is 251 g/mol. The normalized spacial score (nSPS) is 11.8. The van der Waals surface area contributed by atoms with Crippen LogP contribution in [-0.2, 0) is 5.41 Å². The summed E-state index contributed by atoms with van der Waals surface area (Å²) in [7, 11) is 0. The number of rotatable bonds is 6. The Balaban J connectivity index is 2.68. The number of nitrogens with one attached hydrogen (secondary N) is 1. The second kappa shape index (κ2) is 6.46. The van der Waals surface area contributed by atoms with Gasteiger partial charge in [0.2, 0.25) is 0 Å². The van der Waals surface area contributed by atoms with Gasteiger partial charge in [0.05, 0.1) is 0 Å². The minimum atomic E-state index is 0.189. The van der Waals surface area contributed by atoms with E-state index in [4.69, 9.17) is 0 Å². The van der Waals surface area contributed by atoms with E-state index in [9.17, 15) is 0 Å². The Labute approximate surface area is 111 Å². The zero-order valence-electron chi connectivity index (χ0n) is 11.5. The molecule has 1 aromatic carbocycles. The van der Waals surface area contributed by atoms with Crippen molar-refractivity contribution in [2.24, 2.45) is 0 Å². The monoisotopic (exact) mass is 251 g/mol. The van der Waals surface area contributed by atoms with Crippen LogP contribution in [0.25, 0.3) is 0 Å². The number of thiol groups is 1. The van der Waals surface area contributed by atoms with Gasteiger partial charge in [-0.3, -0.25) is 0 Å². The molecule has 0 heterocycles. The Hall–Kier alpha value is -0.470. The molecular formula is C15H25NS. The Morgan fingerprint density at radius 3 is 2.53 bits per heavy atom. The van der Waals surface area contributed by atoms with Gasteiger partial charge >= 0.3 is 0 Å². The molecule has 0 aromatic heterocycles. The second-order valence-corrected chi connectivity index (χ2v) is 5.90. The first kappa shape index (κ1) is 14.6. The molecule has 0 radical (unpaired) electrons. The van der Waals surface area contributed by atoms with E-state index in [0.29, 0.717) is 0 Å². The molecule has 0 unspecified atom stereocenters. The maximum atomic E-state index is 4.22. The van der Waals surface area contributed by atoms with Crippen molar-refractivity contribution in [3.8, 4) is 0 Å². The lowest BCUT2D eigenvalue weighted by Gasteiger charge is -2.28. The van der Waals surface area contributed by atoms with Crippen molar-refractivity contribution in [1.29, 1.82) is 0 Å². The molecule has 0 amide bonds. The fourth-order valence-corrected chi connectivity index (χ4v) is 2.43. The molecule has 2 heteroatoms. The predicted molar refractivity (Wildman–Crippen MR) is 80.3 cm³/mol. The fourth-order valence-electron chi connectivity index (χ4n) is 2.27. The van der Waals surface area contributed by atoms with E-state index < -0.39 is 0 Å². The van der Waals surface area contributed by atoms with Crippen LogP contribution in [0, 0.1) is 13.8 Å². The Bertz CT molecular complexity index is 358. The summed E-state index contributed by atoms with van der Waals surface area (Å²) < 4.78 is 0. The summed E-state index contributed by atoms with van der Waals surface area (Å²) in [6.45, 7) is 11.0. The van der Waals surface area contributed by atoms with E-state index in [0.717, 1.165) is 25.3 Å². The molecule has 0 fully saturated rings. The third-order valence-corrected chi connectivity index (χ3v) is 3.51. The Morgan fingerprint density at radius 2 is 1.94 bits per heavy atom. The molecule has 0 aliphatic heterocycles. The van der Waals surface area contributed by atoms with Crippen molar-refractivity contribution in [1.82, 2.24) is 5.32 Å². The minimum absolute atomic E-state index is 0.189. The van der Waals surface area contributed by atoms with E-state index in [2.05, 4.69) is 63.8 Å². The summed E-state index contributed by atoms with van der Waals surface area (Å²) in [6.07, 6.45) is 1.13. The lowest BCUT2D eigenvalue weighted by molar-refractivity contribution is 0.468. The second-order valence-electron chi connectivity index (χ2n) is 5.46. The number of aryl methyl sites for hydroxylation is 2. The largest absolute Gasteiger partial charge is 0.316 e. The van der Waals surface area contributed by atoms with Gasteiger partial charge in [0.25, 0.3) is 0 Å². The Morgan fingerprint density at radius 1 is 1.24 bits per heavy atom. The maximum Gasteiger partial charge on any atom is 0.00432 e. The molecule has 1 nitrogen and oxygen atoms in total. The van der Waals surface area contributed by atoms with Gasteiger partial charge in [-0.2, -0.15) is 12.6 Å². The van der Waals surface area contributed by atoms with E-state index in [-0.39, 0.29) is 5.41 Å². The highest BCUT2D eigenvalue weighted by Gasteiger charge is 2.21. The summed E-state index contributed by atoms with van der Waals surface area (Å²) in [4.78, 5) is 0. The molecule has 0 atom stereocenters. The van der Waals surface area contributed by atoms with Gasteiger partial charge in [0.1, 0.15) is 0 Å². The molecule has 0 saturated carbocycles. The summed E-state index contributed by atoms with van der Waals surface area (Å²) in [5, 5.41) is 3.52. The van der Waals surface area contributed by atoms with Crippen LogP contribution in [0.15, 0.2) is 18.2 Å². The quantitative estimate of drug-likeness (QED) is 0.582. The van der Waals surface area contributed by atoms with Crippen molar-refractivity contribution in [2.45, 2.75) is 39.5 Å². The van der Waals surface area contributed by atoms with Crippen molar-refractivity contribution in [2.75, 3.05) is 18.8 Å². The van der Waals surface area contributed by atoms with Gasteiger partial charge < -0.3 is 5.32 Å². The average Bonchev–Trinajstić information content (AvgIpc) is 2.24. The fraction of sp³-hybridized carbons (Fsp3) is 0.600. The van der Waals surface area contributed by atoms with Crippen LogP contribution in [0.3, 0.4) is 0 Å². The zero-order chi connectivity index (χ0) is 12.9. The topological polar surface area (TPSA) is 12.0 Å². The van der Waals surface area contributed by atoms with Gasteiger partial charge in [0.15, 0.2) is 0 Å². The standard InChI is InChI=1S/C15H25NS/c1-12-6-7-14(13(2)10-12)15(3,4)11-16-8-5-9-17/h6-7,10,16-17H,5,8-9,11H2,1-4H3. The molecule has 1 rings (SSSR count). The van der Waals surface area contributed by atoms with Crippen LogP contribution in [0.2, 0.25) is 0 Å². The molecule has 1 N–H and O–H groups in total. The highest BCUT2D eigenvalue weighted by atomic mass is 32.1. The van der Waals surface area contributed by atoms with Gasteiger partial charge in [-0.1, -0.05) is 37.6 Å². The van der Waals surface area contributed by atoms with Crippen LogP contribution >= 0.6 is 12.6 Å². The first-order valence-corrected chi connectivity index (χ1v) is 7.00. The molecule has 0 bridgehead atoms. The summed E-state index contributed by atoms with van der Waals surface area (Å²) in [5.41, 5.74) is 4.37. The lowest BCUT2D eigenvalue weighted by Crippen LogP contribution is -2.34. The first-order valence-electron chi connectivity index (χ1n) is 6.36. The summed E-state index contributed by atoms with van der Waals surface area (Å²) in [6, 6.07) is 6.74. The molecule has 96 valence electrons. The van der Waals surface area contributed by atoms with E-state index >= 15 is 0 Å². The summed E-state index contributed by atoms with van der Waals surface area (Å²) >= 11 is 4.22. The SMILES string of the molecule is Cc1ccc(C(C)(C)CNCCCS)c(C)c1. The van der Waals surface area contributed by atoms with Crippen LogP contribution in [0.1, 0.15) is 37.0 Å². The van der Waals surface area contributed by atoms with Gasteiger partial charge in [-0.25, -0.2) is 0 Å². The molecular weight excluding hydrogens is 226 g/mol. The van der Waals surface area contributed by atoms with Gasteiger partial charge in [0, 0.05) is 12.0 Å². The molecule has 0 spiro atoms. The van der Waals surface area contributed by atoms with E-state index in [1.807, 2.05) is 0 Å². The molecule has 0 aliphatic carbocycles. The number of hydrogen-bond donors (Lipinski definition) is 2. The summed E-state index contributed by atoms with van der Waals surface area (Å²) in [5.74, 6) is 0.955. The third-order valence-electron chi connectivity index (χ3n) is 3.19. The minimum Gasteiger partial charge on any atom is -0.316 e.